The second-order valence-corrected chi connectivity index (χ2v) is 6.60. The molecule has 132 valence electrons. The minimum absolute atomic E-state index is 0.384. The summed E-state index contributed by atoms with van der Waals surface area (Å²) < 4.78 is 6.43. The average molecular weight is 413 g/mol. The molecular formula is C20H17BrN2O3. The van der Waals surface area contributed by atoms with Crippen molar-refractivity contribution in [1.82, 2.24) is 10.9 Å². The second-order valence-electron chi connectivity index (χ2n) is 5.69. The Morgan fingerprint density at radius 3 is 2.50 bits per heavy atom. The third-order valence-corrected chi connectivity index (χ3v) is 4.30. The molecule has 0 saturated carbocycles. The summed E-state index contributed by atoms with van der Waals surface area (Å²) in [4.78, 5) is 24.6. The van der Waals surface area contributed by atoms with Crippen LogP contribution in [0, 0.1) is 0 Å². The van der Waals surface area contributed by atoms with Gasteiger partial charge in [0, 0.05) is 10.0 Å². The first-order valence-corrected chi connectivity index (χ1v) is 8.84. The van der Waals surface area contributed by atoms with Crippen molar-refractivity contribution in [2.75, 3.05) is 0 Å². The van der Waals surface area contributed by atoms with E-state index in [1.807, 2.05) is 42.5 Å². The summed E-state index contributed by atoms with van der Waals surface area (Å²) in [6.07, 6.45) is -0.767. The first-order chi connectivity index (χ1) is 12.5. The van der Waals surface area contributed by atoms with Crippen molar-refractivity contribution in [3.05, 3.63) is 76.8 Å². The van der Waals surface area contributed by atoms with Gasteiger partial charge in [-0.1, -0.05) is 58.4 Å². The topological polar surface area (TPSA) is 67.4 Å². The molecule has 0 heterocycles. The number of halogens is 1. The molecule has 0 radical (unpaired) electrons. The van der Waals surface area contributed by atoms with E-state index in [4.69, 9.17) is 4.74 Å². The molecule has 3 aromatic rings. The normalized spacial score (nSPS) is 11.6. The zero-order valence-corrected chi connectivity index (χ0v) is 15.6. The van der Waals surface area contributed by atoms with E-state index in [1.165, 1.54) is 0 Å². The van der Waals surface area contributed by atoms with Crippen LogP contribution in [0.2, 0.25) is 0 Å². The number of carbonyl (C=O) groups is 2. The number of ether oxygens (including phenoxy) is 1. The van der Waals surface area contributed by atoms with Crippen molar-refractivity contribution in [2.24, 2.45) is 0 Å². The predicted molar refractivity (Wildman–Crippen MR) is 104 cm³/mol. The smallest absolute Gasteiger partial charge is 0.279 e. The van der Waals surface area contributed by atoms with Crippen LogP contribution in [0.15, 0.2) is 71.2 Å². The van der Waals surface area contributed by atoms with Gasteiger partial charge in [-0.15, -0.1) is 0 Å². The lowest BCUT2D eigenvalue weighted by molar-refractivity contribution is -0.128. The fourth-order valence-corrected chi connectivity index (χ4v) is 2.89. The third kappa shape index (κ3) is 4.21. The Morgan fingerprint density at radius 1 is 0.962 bits per heavy atom. The molecule has 26 heavy (non-hydrogen) atoms. The van der Waals surface area contributed by atoms with Gasteiger partial charge >= 0.3 is 0 Å². The first-order valence-electron chi connectivity index (χ1n) is 8.05. The highest BCUT2D eigenvalue weighted by atomic mass is 79.9. The molecule has 0 bridgehead atoms. The summed E-state index contributed by atoms with van der Waals surface area (Å²) in [5, 5.41) is 1.78. The lowest BCUT2D eigenvalue weighted by Gasteiger charge is -2.15. The van der Waals surface area contributed by atoms with E-state index in [0.717, 1.165) is 15.2 Å². The van der Waals surface area contributed by atoms with Gasteiger partial charge in [0.05, 0.1) is 0 Å². The Bertz CT molecular complexity index is 953. The van der Waals surface area contributed by atoms with E-state index in [9.17, 15) is 9.59 Å². The summed E-state index contributed by atoms with van der Waals surface area (Å²) >= 11 is 3.35. The van der Waals surface area contributed by atoms with Crippen LogP contribution in [0.4, 0.5) is 0 Å². The van der Waals surface area contributed by atoms with Gasteiger partial charge in [0.2, 0.25) is 0 Å². The lowest BCUT2D eigenvalue weighted by atomic mass is 10.0. The number of carbonyl (C=O) groups excluding carboxylic acids is 2. The number of hydrogen-bond acceptors (Lipinski definition) is 3. The van der Waals surface area contributed by atoms with E-state index >= 15 is 0 Å². The molecule has 0 aliphatic carbocycles. The van der Waals surface area contributed by atoms with Crippen molar-refractivity contribution in [3.8, 4) is 5.75 Å². The monoisotopic (exact) mass is 412 g/mol. The van der Waals surface area contributed by atoms with Gasteiger partial charge < -0.3 is 4.74 Å². The lowest BCUT2D eigenvalue weighted by Crippen LogP contribution is -2.47. The molecule has 0 saturated heterocycles. The SMILES string of the molecule is CC(Oc1cccc(Br)c1)C(=O)NNC(=O)c1cccc2ccccc12. The largest absolute Gasteiger partial charge is 0.481 e. The molecule has 2 N–H and O–H groups in total. The molecular weight excluding hydrogens is 396 g/mol. The molecule has 1 unspecified atom stereocenters. The van der Waals surface area contributed by atoms with Crippen LogP contribution < -0.4 is 15.6 Å². The number of amides is 2. The summed E-state index contributed by atoms with van der Waals surface area (Å²) in [6.45, 7) is 1.61. The zero-order valence-electron chi connectivity index (χ0n) is 14.0. The summed E-state index contributed by atoms with van der Waals surface area (Å²) in [5.74, 6) is -0.272. The number of fused-ring (bicyclic) bond motifs is 1. The van der Waals surface area contributed by atoms with Crippen LogP contribution in [0.5, 0.6) is 5.75 Å². The van der Waals surface area contributed by atoms with Gasteiger partial charge in [-0.3, -0.25) is 20.4 Å². The fraction of sp³-hybridized carbons (Fsp3) is 0.100. The molecule has 5 nitrogen and oxygen atoms in total. The number of hydrogen-bond donors (Lipinski definition) is 2. The number of benzene rings is 3. The van der Waals surface area contributed by atoms with Crippen molar-refractivity contribution in [3.63, 3.8) is 0 Å². The van der Waals surface area contributed by atoms with Gasteiger partial charge in [0.1, 0.15) is 5.75 Å². The highest BCUT2D eigenvalue weighted by Crippen LogP contribution is 2.19. The van der Waals surface area contributed by atoms with Crippen LogP contribution in [0.1, 0.15) is 17.3 Å². The minimum Gasteiger partial charge on any atom is -0.481 e. The van der Waals surface area contributed by atoms with E-state index in [-0.39, 0.29) is 5.91 Å². The van der Waals surface area contributed by atoms with Crippen LogP contribution in [0.25, 0.3) is 10.8 Å². The molecule has 3 rings (SSSR count). The van der Waals surface area contributed by atoms with E-state index < -0.39 is 12.0 Å². The maximum atomic E-state index is 12.4. The first kappa shape index (κ1) is 17.9. The Kier molecular flexibility index (Phi) is 5.53. The van der Waals surface area contributed by atoms with Crippen LogP contribution in [-0.2, 0) is 4.79 Å². The molecule has 0 spiro atoms. The standard InChI is InChI=1S/C20H17BrN2O3/c1-13(26-16-9-5-8-15(21)12-16)19(24)22-23-20(25)18-11-4-7-14-6-2-3-10-17(14)18/h2-13H,1H3,(H,22,24)(H,23,25). The van der Waals surface area contributed by atoms with Gasteiger partial charge in [-0.2, -0.15) is 0 Å². The Morgan fingerprint density at radius 2 is 1.69 bits per heavy atom. The van der Waals surface area contributed by atoms with Crippen molar-refractivity contribution < 1.29 is 14.3 Å². The van der Waals surface area contributed by atoms with Gasteiger partial charge in [-0.05, 0) is 42.0 Å². The summed E-state index contributed by atoms with van der Waals surface area (Å²) in [6, 6.07) is 20.2. The van der Waals surface area contributed by atoms with Crippen molar-refractivity contribution in [2.45, 2.75) is 13.0 Å². The fourth-order valence-electron chi connectivity index (χ4n) is 2.51. The van der Waals surface area contributed by atoms with Crippen LogP contribution >= 0.6 is 15.9 Å². The molecule has 1 atom stereocenters. The zero-order chi connectivity index (χ0) is 18.5. The molecule has 0 aliphatic heterocycles. The highest BCUT2D eigenvalue weighted by Gasteiger charge is 2.16. The van der Waals surface area contributed by atoms with Crippen molar-refractivity contribution >= 4 is 38.5 Å². The second kappa shape index (κ2) is 8.01. The van der Waals surface area contributed by atoms with Crippen LogP contribution in [0.3, 0.4) is 0 Å². The number of nitrogens with one attached hydrogen (secondary N) is 2. The van der Waals surface area contributed by atoms with Crippen LogP contribution in [-0.4, -0.2) is 17.9 Å². The summed E-state index contributed by atoms with van der Waals surface area (Å²) in [7, 11) is 0. The molecule has 3 aromatic carbocycles. The maximum Gasteiger partial charge on any atom is 0.279 e. The number of hydrazine groups is 1. The summed E-state index contributed by atoms with van der Waals surface area (Å²) in [5.41, 5.74) is 5.34. The highest BCUT2D eigenvalue weighted by molar-refractivity contribution is 9.10. The third-order valence-electron chi connectivity index (χ3n) is 3.81. The Balaban J connectivity index is 1.62. The molecule has 2 amide bonds. The number of rotatable bonds is 4. The van der Waals surface area contributed by atoms with Gasteiger partial charge in [0.15, 0.2) is 6.10 Å². The molecule has 0 aromatic heterocycles. The Labute approximate surface area is 159 Å². The average Bonchev–Trinajstić information content (AvgIpc) is 2.65. The Hall–Kier alpha value is -2.86. The van der Waals surface area contributed by atoms with Gasteiger partial charge in [0.25, 0.3) is 11.8 Å². The quantitative estimate of drug-likeness (QED) is 0.639. The molecule has 0 aliphatic rings. The predicted octanol–water partition coefficient (Wildman–Crippen LogP) is 3.83. The van der Waals surface area contributed by atoms with E-state index in [0.29, 0.717) is 11.3 Å². The maximum absolute atomic E-state index is 12.4. The molecule has 0 fully saturated rings. The van der Waals surface area contributed by atoms with Crippen molar-refractivity contribution in [1.29, 1.82) is 0 Å². The van der Waals surface area contributed by atoms with E-state index in [1.54, 1.807) is 31.2 Å². The van der Waals surface area contributed by atoms with E-state index in [2.05, 4.69) is 26.8 Å². The molecule has 6 heteroatoms. The van der Waals surface area contributed by atoms with Gasteiger partial charge in [-0.25, -0.2) is 0 Å². The minimum atomic E-state index is -0.767.